The van der Waals surface area contributed by atoms with Crippen molar-refractivity contribution in [2.45, 2.75) is 6.92 Å². The topological polar surface area (TPSA) is 61.4 Å². The Morgan fingerprint density at radius 3 is 2.77 bits per heavy atom. The van der Waals surface area contributed by atoms with Gasteiger partial charge >= 0.3 is 6.03 Å². The number of nitrogens with one attached hydrogen (secondary N) is 2. The Labute approximate surface area is 77.5 Å². The Bertz CT molecular complexity index is 201. The first kappa shape index (κ1) is 9.98. The third-order valence-corrected chi connectivity index (χ3v) is 1.98. The van der Waals surface area contributed by atoms with E-state index in [0.717, 1.165) is 6.54 Å². The first-order valence-corrected chi connectivity index (χ1v) is 4.38. The van der Waals surface area contributed by atoms with Crippen molar-refractivity contribution in [1.82, 2.24) is 15.5 Å². The zero-order valence-electron chi connectivity index (χ0n) is 7.96. The van der Waals surface area contributed by atoms with Gasteiger partial charge in [-0.25, -0.2) is 4.79 Å². The number of hydrogen-bond acceptors (Lipinski definition) is 3. The molecule has 1 fully saturated rings. The summed E-state index contributed by atoms with van der Waals surface area (Å²) < 4.78 is 0. The van der Waals surface area contributed by atoms with Gasteiger partial charge in [0.2, 0.25) is 5.91 Å². The van der Waals surface area contributed by atoms with E-state index < -0.39 is 0 Å². The van der Waals surface area contributed by atoms with Gasteiger partial charge in [0, 0.05) is 6.54 Å². The van der Waals surface area contributed by atoms with Crippen LogP contribution < -0.4 is 10.6 Å². The predicted octanol–water partition coefficient (Wildman–Crippen LogP) is -0.606. The zero-order chi connectivity index (χ0) is 9.84. The number of carbonyl (C=O) groups excluding carboxylic acids is 2. The molecule has 1 rings (SSSR count). The lowest BCUT2D eigenvalue weighted by molar-refractivity contribution is -0.125. The molecule has 5 nitrogen and oxygen atoms in total. The molecule has 1 heterocycles. The molecule has 5 heteroatoms. The first-order valence-electron chi connectivity index (χ1n) is 4.38. The SMILES string of the molecule is CNCC(C)CN1C(=O)CNC1=O. The van der Waals surface area contributed by atoms with Crippen LogP contribution in [0.1, 0.15) is 6.92 Å². The Balaban J connectivity index is 2.43. The summed E-state index contributed by atoms with van der Waals surface area (Å²) in [5.74, 6) is 0.158. The predicted molar refractivity (Wildman–Crippen MR) is 48.2 cm³/mol. The van der Waals surface area contributed by atoms with Crippen molar-refractivity contribution in [2.75, 3.05) is 26.7 Å². The molecular formula is C8H15N3O2. The third kappa shape index (κ3) is 2.42. The van der Waals surface area contributed by atoms with Crippen LogP contribution >= 0.6 is 0 Å². The van der Waals surface area contributed by atoms with E-state index in [2.05, 4.69) is 10.6 Å². The average molecular weight is 185 g/mol. The third-order valence-electron chi connectivity index (χ3n) is 1.98. The second kappa shape index (κ2) is 4.23. The van der Waals surface area contributed by atoms with Crippen LogP contribution in [0.15, 0.2) is 0 Å². The van der Waals surface area contributed by atoms with Crippen LogP contribution in [0.4, 0.5) is 4.79 Å². The van der Waals surface area contributed by atoms with E-state index in [9.17, 15) is 9.59 Å². The highest BCUT2D eigenvalue weighted by Gasteiger charge is 2.29. The molecule has 1 aliphatic heterocycles. The molecule has 0 aromatic heterocycles. The van der Waals surface area contributed by atoms with E-state index in [-0.39, 0.29) is 24.4 Å². The van der Waals surface area contributed by atoms with E-state index in [1.807, 2.05) is 14.0 Å². The lowest BCUT2D eigenvalue weighted by Crippen LogP contribution is -2.37. The fourth-order valence-electron chi connectivity index (χ4n) is 1.36. The molecule has 1 saturated heterocycles. The van der Waals surface area contributed by atoms with Gasteiger partial charge in [0.25, 0.3) is 0 Å². The van der Waals surface area contributed by atoms with Gasteiger partial charge in [-0.05, 0) is 19.5 Å². The minimum Gasteiger partial charge on any atom is -0.329 e. The van der Waals surface area contributed by atoms with Crippen molar-refractivity contribution in [3.63, 3.8) is 0 Å². The van der Waals surface area contributed by atoms with E-state index in [1.54, 1.807) is 0 Å². The van der Waals surface area contributed by atoms with E-state index in [4.69, 9.17) is 0 Å². The van der Waals surface area contributed by atoms with Gasteiger partial charge in [-0.1, -0.05) is 6.92 Å². The van der Waals surface area contributed by atoms with Crippen LogP contribution in [0, 0.1) is 5.92 Å². The standard InChI is InChI=1S/C8H15N3O2/c1-6(3-9-2)5-11-7(12)4-10-8(11)13/h6,9H,3-5H2,1-2H3,(H,10,13). The highest BCUT2D eigenvalue weighted by molar-refractivity contribution is 6.01. The average Bonchev–Trinajstić information content (AvgIpc) is 2.36. The van der Waals surface area contributed by atoms with Crippen LogP contribution in [0.25, 0.3) is 0 Å². The lowest BCUT2D eigenvalue weighted by Gasteiger charge is -2.17. The van der Waals surface area contributed by atoms with Crippen molar-refractivity contribution >= 4 is 11.9 Å². The maximum absolute atomic E-state index is 11.1. The lowest BCUT2D eigenvalue weighted by atomic mass is 10.1. The smallest absolute Gasteiger partial charge is 0.324 e. The molecule has 0 aromatic carbocycles. The molecule has 3 amide bonds. The van der Waals surface area contributed by atoms with Gasteiger partial charge in [0.05, 0.1) is 6.54 Å². The van der Waals surface area contributed by atoms with Crippen LogP contribution in [0.2, 0.25) is 0 Å². The molecule has 0 bridgehead atoms. The van der Waals surface area contributed by atoms with E-state index in [0.29, 0.717) is 6.54 Å². The highest BCUT2D eigenvalue weighted by Crippen LogP contribution is 2.03. The molecule has 0 aliphatic carbocycles. The monoisotopic (exact) mass is 185 g/mol. The van der Waals surface area contributed by atoms with Crippen molar-refractivity contribution in [3.05, 3.63) is 0 Å². The molecule has 0 aromatic rings. The second-order valence-corrected chi connectivity index (χ2v) is 3.33. The molecule has 1 aliphatic rings. The molecule has 2 N–H and O–H groups in total. The van der Waals surface area contributed by atoms with Crippen molar-refractivity contribution < 1.29 is 9.59 Å². The number of imide groups is 1. The molecule has 74 valence electrons. The van der Waals surface area contributed by atoms with E-state index in [1.165, 1.54) is 4.90 Å². The number of hydrogen-bond donors (Lipinski definition) is 2. The van der Waals surface area contributed by atoms with Crippen LogP contribution in [0.5, 0.6) is 0 Å². The summed E-state index contributed by atoms with van der Waals surface area (Å²) in [6, 6.07) is -0.270. The highest BCUT2D eigenvalue weighted by atomic mass is 16.2. The molecule has 13 heavy (non-hydrogen) atoms. The number of carbonyl (C=O) groups is 2. The summed E-state index contributed by atoms with van der Waals surface area (Å²) in [6.07, 6.45) is 0. The molecule has 1 unspecified atom stereocenters. The first-order chi connectivity index (χ1) is 6.15. The summed E-state index contributed by atoms with van der Waals surface area (Å²) in [6.45, 7) is 3.43. The van der Waals surface area contributed by atoms with Gasteiger partial charge in [-0.15, -0.1) is 0 Å². The van der Waals surface area contributed by atoms with Crippen LogP contribution in [-0.2, 0) is 4.79 Å². The number of urea groups is 1. The summed E-state index contributed by atoms with van der Waals surface area (Å²) in [4.78, 5) is 23.5. The zero-order valence-corrected chi connectivity index (χ0v) is 7.96. The van der Waals surface area contributed by atoms with Crippen LogP contribution in [0.3, 0.4) is 0 Å². The van der Waals surface area contributed by atoms with Crippen molar-refractivity contribution in [1.29, 1.82) is 0 Å². The van der Waals surface area contributed by atoms with Gasteiger partial charge in [0.1, 0.15) is 0 Å². The largest absolute Gasteiger partial charge is 0.329 e. The van der Waals surface area contributed by atoms with Gasteiger partial charge in [0.15, 0.2) is 0 Å². The summed E-state index contributed by atoms with van der Waals surface area (Å²) >= 11 is 0. The van der Waals surface area contributed by atoms with Gasteiger partial charge in [-0.2, -0.15) is 0 Å². The minimum absolute atomic E-state index is 0.132. The fourth-order valence-corrected chi connectivity index (χ4v) is 1.36. The quantitative estimate of drug-likeness (QED) is 0.575. The van der Waals surface area contributed by atoms with Crippen molar-refractivity contribution in [3.8, 4) is 0 Å². The summed E-state index contributed by atoms with van der Waals surface area (Å²) in [5.41, 5.74) is 0. The Hall–Kier alpha value is -1.10. The summed E-state index contributed by atoms with van der Waals surface area (Å²) in [7, 11) is 1.85. The number of amides is 3. The number of rotatable bonds is 4. The minimum atomic E-state index is -0.270. The molecular weight excluding hydrogens is 170 g/mol. The Kier molecular flexibility index (Phi) is 3.25. The maximum Gasteiger partial charge on any atom is 0.324 e. The van der Waals surface area contributed by atoms with Crippen molar-refractivity contribution in [2.24, 2.45) is 5.92 Å². The van der Waals surface area contributed by atoms with Gasteiger partial charge in [-0.3, -0.25) is 9.69 Å². The normalized spacial score (nSPS) is 19.1. The number of nitrogens with zero attached hydrogens (tertiary/aromatic N) is 1. The summed E-state index contributed by atoms with van der Waals surface area (Å²) in [5, 5.41) is 5.49. The molecule has 1 atom stereocenters. The second-order valence-electron chi connectivity index (χ2n) is 3.33. The molecule has 0 radical (unpaired) electrons. The fraction of sp³-hybridized carbons (Fsp3) is 0.750. The molecule has 0 spiro atoms. The van der Waals surface area contributed by atoms with Gasteiger partial charge < -0.3 is 10.6 Å². The van der Waals surface area contributed by atoms with E-state index >= 15 is 0 Å². The van der Waals surface area contributed by atoms with Crippen LogP contribution in [-0.4, -0.2) is 43.5 Å². The Morgan fingerprint density at radius 1 is 1.62 bits per heavy atom. The maximum atomic E-state index is 11.1. The Morgan fingerprint density at radius 2 is 2.31 bits per heavy atom. The molecule has 0 saturated carbocycles.